The van der Waals surface area contributed by atoms with Crippen molar-refractivity contribution in [1.29, 1.82) is 0 Å². The van der Waals surface area contributed by atoms with Gasteiger partial charge >= 0.3 is 0 Å². The summed E-state index contributed by atoms with van der Waals surface area (Å²) >= 11 is 4.98. The molecule has 0 fully saturated rings. The zero-order chi connectivity index (χ0) is 6.41. The van der Waals surface area contributed by atoms with E-state index in [0.717, 1.165) is 0 Å². The molecule has 0 spiro atoms. The lowest BCUT2D eigenvalue weighted by Crippen LogP contribution is -1.94. The van der Waals surface area contributed by atoms with Crippen LogP contribution in [0.5, 0.6) is 0 Å². The molecule has 0 aromatic heterocycles. The molecule has 0 aliphatic carbocycles. The highest BCUT2D eigenvalue weighted by molar-refractivity contribution is 6.30. The summed E-state index contributed by atoms with van der Waals surface area (Å²) in [6.45, 7) is 1.80. The molecule has 0 amide bonds. The van der Waals surface area contributed by atoms with Crippen LogP contribution in [0.15, 0.2) is 12.2 Å². The molecule has 8 heavy (non-hydrogen) atoms. The molecule has 0 rings (SSSR count). The second-order valence-electron chi connectivity index (χ2n) is 1.21. The van der Waals surface area contributed by atoms with Crippen LogP contribution in [0.4, 0.5) is 0 Å². The summed E-state index contributed by atoms with van der Waals surface area (Å²) in [7, 11) is 0. The number of halogens is 1. The van der Waals surface area contributed by atoms with Crippen molar-refractivity contribution in [3.63, 3.8) is 0 Å². The van der Waals surface area contributed by atoms with Gasteiger partial charge in [-0.25, -0.2) is 0 Å². The van der Waals surface area contributed by atoms with E-state index in [1.807, 2.05) is 0 Å². The highest BCUT2D eigenvalue weighted by Crippen LogP contribution is 1.81. The van der Waals surface area contributed by atoms with Crippen molar-refractivity contribution in [3.05, 3.63) is 12.2 Å². The van der Waals surface area contributed by atoms with Gasteiger partial charge in [0.25, 0.3) is 0 Å². The Hall–Kier alpha value is -0.450. The fourth-order valence-corrected chi connectivity index (χ4v) is 0.398. The fraction of sp³-hybridized carbons (Fsp3) is 0.333. The maximum Gasteiger partial charge on any atom is 0.134 e. The van der Waals surface area contributed by atoms with Crippen LogP contribution in [-0.4, -0.2) is 11.2 Å². The number of rotatable bonds is 1. The normalized spacial score (nSPS) is 12.9. The van der Waals surface area contributed by atoms with Crippen molar-refractivity contribution in [1.82, 2.24) is 0 Å². The molecular formula is C6H7ClO. The van der Waals surface area contributed by atoms with E-state index in [-0.39, 0.29) is 0 Å². The van der Waals surface area contributed by atoms with Crippen molar-refractivity contribution in [2.45, 2.75) is 13.0 Å². The zero-order valence-corrected chi connectivity index (χ0v) is 5.31. The van der Waals surface area contributed by atoms with Crippen LogP contribution in [0.2, 0.25) is 0 Å². The second kappa shape index (κ2) is 4.70. The lowest BCUT2D eigenvalue weighted by molar-refractivity contribution is 0.280. The summed E-state index contributed by atoms with van der Waals surface area (Å²) in [6, 6.07) is 0. The Morgan fingerprint density at radius 1 is 1.75 bits per heavy atom. The maximum atomic E-state index is 8.70. The van der Waals surface area contributed by atoms with E-state index in [2.05, 4.69) is 11.3 Å². The van der Waals surface area contributed by atoms with Gasteiger partial charge < -0.3 is 5.11 Å². The quantitative estimate of drug-likeness (QED) is 0.417. The first-order valence-corrected chi connectivity index (χ1v) is 2.61. The topological polar surface area (TPSA) is 20.2 Å². The molecule has 1 atom stereocenters. The largest absolute Gasteiger partial charge is 0.377 e. The average molecular weight is 131 g/mol. The Morgan fingerprint density at radius 2 is 2.38 bits per heavy atom. The summed E-state index contributed by atoms with van der Waals surface area (Å²) in [4.78, 5) is 0. The minimum atomic E-state index is -0.711. The van der Waals surface area contributed by atoms with Crippen LogP contribution in [0.1, 0.15) is 6.92 Å². The minimum Gasteiger partial charge on any atom is -0.377 e. The Kier molecular flexibility index (Phi) is 4.44. The van der Waals surface area contributed by atoms with Gasteiger partial charge in [-0.15, -0.1) is 0 Å². The number of hydrogen-bond donors (Lipinski definition) is 1. The van der Waals surface area contributed by atoms with E-state index >= 15 is 0 Å². The first-order chi connectivity index (χ1) is 3.81. The minimum absolute atomic E-state index is 0.711. The molecule has 2 heteroatoms. The van der Waals surface area contributed by atoms with Crippen molar-refractivity contribution in [3.8, 4) is 11.3 Å². The van der Waals surface area contributed by atoms with Gasteiger partial charge in [0.2, 0.25) is 0 Å². The molecule has 0 aliphatic heterocycles. The summed E-state index contributed by atoms with van der Waals surface area (Å²) in [5.74, 6) is 2.33. The lowest BCUT2D eigenvalue weighted by atomic mass is 10.3. The van der Waals surface area contributed by atoms with Gasteiger partial charge in [-0.1, -0.05) is 6.08 Å². The molecule has 0 saturated heterocycles. The number of aliphatic hydroxyl groups excluding tert-OH is 1. The first-order valence-electron chi connectivity index (χ1n) is 2.23. The van der Waals surface area contributed by atoms with Crippen molar-refractivity contribution in [2.75, 3.05) is 0 Å². The van der Waals surface area contributed by atoms with Crippen molar-refractivity contribution in [2.24, 2.45) is 0 Å². The third kappa shape index (κ3) is 3.73. The van der Waals surface area contributed by atoms with Crippen LogP contribution < -0.4 is 0 Å². The van der Waals surface area contributed by atoms with Crippen LogP contribution in [0.25, 0.3) is 0 Å². The van der Waals surface area contributed by atoms with E-state index in [9.17, 15) is 0 Å². The monoisotopic (exact) mass is 130 g/mol. The molecule has 44 valence electrons. The SMILES string of the molecule is C/C=C/C(O)C#CCl. The summed E-state index contributed by atoms with van der Waals surface area (Å²) in [5, 5.41) is 10.8. The van der Waals surface area contributed by atoms with Crippen LogP contribution in [0, 0.1) is 11.3 Å². The molecule has 0 aromatic rings. The Bertz CT molecular complexity index is 129. The molecule has 0 saturated carbocycles. The van der Waals surface area contributed by atoms with Gasteiger partial charge in [0.1, 0.15) is 6.10 Å². The average Bonchev–Trinajstić information content (AvgIpc) is 1.68. The molecule has 0 bridgehead atoms. The standard InChI is InChI=1S/C6H7ClO/c1-2-3-6(8)4-5-7/h2-3,6,8H,1H3/b3-2+. The van der Waals surface area contributed by atoms with Gasteiger partial charge in [0.15, 0.2) is 0 Å². The molecule has 1 N–H and O–H groups in total. The van der Waals surface area contributed by atoms with Crippen LogP contribution in [0.3, 0.4) is 0 Å². The summed E-state index contributed by atoms with van der Waals surface area (Å²) in [6.07, 6.45) is 2.55. The number of allylic oxidation sites excluding steroid dienone is 1. The Labute approximate surface area is 54.0 Å². The predicted octanol–water partition coefficient (Wildman–Crippen LogP) is 1.12. The Morgan fingerprint density at radius 3 is 2.75 bits per heavy atom. The molecule has 1 nitrogen and oxygen atoms in total. The van der Waals surface area contributed by atoms with E-state index in [4.69, 9.17) is 16.7 Å². The Balaban J connectivity index is 3.59. The smallest absolute Gasteiger partial charge is 0.134 e. The highest BCUT2D eigenvalue weighted by Gasteiger charge is 1.85. The van der Waals surface area contributed by atoms with E-state index in [0.29, 0.717) is 0 Å². The van der Waals surface area contributed by atoms with Crippen molar-refractivity contribution >= 4 is 11.6 Å². The summed E-state index contributed by atoms with van der Waals surface area (Å²) in [5.41, 5.74) is 0. The fourth-order valence-electron chi connectivity index (χ4n) is 0.286. The molecule has 1 unspecified atom stereocenters. The maximum absolute atomic E-state index is 8.70. The van der Waals surface area contributed by atoms with Crippen LogP contribution in [-0.2, 0) is 0 Å². The summed E-state index contributed by atoms with van der Waals surface area (Å²) < 4.78 is 0. The molecule has 0 aromatic carbocycles. The van der Waals surface area contributed by atoms with Crippen molar-refractivity contribution < 1.29 is 5.11 Å². The molecular weight excluding hydrogens is 124 g/mol. The lowest BCUT2D eigenvalue weighted by Gasteiger charge is -1.87. The second-order valence-corrected chi connectivity index (χ2v) is 1.40. The van der Waals surface area contributed by atoms with Gasteiger partial charge in [-0.05, 0) is 30.5 Å². The number of aliphatic hydroxyl groups is 1. The first kappa shape index (κ1) is 7.55. The molecule has 0 heterocycles. The van der Waals surface area contributed by atoms with Gasteiger partial charge in [0.05, 0.1) is 0 Å². The zero-order valence-electron chi connectivity index (χ0n) is 4.56. The van der Waals surface area contributed by atoms with E-state index < -0.39 is 6.10 Å². The molecule has 0 aliphatic rings. The predicted molar refractivity (Wildman–Crippen MR) is 34.4 cm³/mol. The van der Waals surface area contributed by atoms with Gasteiger partial charge in [-0.2, -0.15) is 0 Å². The van der Waals surface area contributed by atoms with E-state index in [1.165, 1.54) is 0 Å². The van der Waals surface area contributed by atoms with Gasteiger partial charge in [0, 0.05) is 5.38 Å². The molecule has 0 radical (unpaired) electrons. The third-order valence-corrected chi connectivity index (χ3v) is 0.686. The number of hydrogen-bond acceptors (Lipinski definition) is 1. The highest BCUT2D eigenvalue weighted by atomic mass is 35.5. The third-order valence-electron chi connectivity index (χ3n) is 0.577. The van der Waals surface area contributed by atoms with Crippen LogP contribution >= 0.6 is 11.6 Å². The van der Waals surface area contributed by atoms with E-state index in [1.54, 1.807) is 19.1 Å². The van der Waals surface area contributed by atoms with Gasteiger partial charge in [-0.3, -0.25) is 0 Å².